The SMILES string of the molecule is [CH](/C=C/c1cccnc1)C1CC1. The van der Waals surface area contributed by atoms with E-state index < -0.39 is 0 Å². The van der Waals surface area contributed by atoms with E-state index in [0.29, 0.717) is 0 Å². The van der Waals surface area contributed by atoms with E-state index in [9.17, 15) is 0 Å². The van der Waals surface area contributed by atoms with E-state index in [1.165, 1.54) is 18.4 Å². The van der Waals surface area contributed by atoms with Crippen molar-refractivity contribution in [1.82, 2.24) is 4.98 Å². The van der Waals surface area contributed by atoms with E-state index in [1.807, 2.05) is 12.3 Å². The summed E-state index contributed by atoms with van der Waals surface area (Å²) in [4.78, 5) is 4.03. The highest BCUT2D eigenvalue weighted by atomic mass is 14.6. The molecule has 1 aromatic heterocycles. The lowest BCUT2D eigenvalue weighted by atomic mass is 10.2. The van der Waals surface area contributed by atoms with Gasteiger partial charge in [-0.1, -0.05) is 18.2 Å². The van der Waals surface area contributed by atoms with Crippen LogP contribution in [0.5, 0.6) is 0 Å². The Labute approximate surface area is 73.1 Å². The summed E-state index contributed by atoms with van der Waals surface area (Å²) in [7, 11) is 0. The van der Waals surface area contributed by atoms with Gasteiger partial charge in [0.15, 0.2) is 0 Å². The van der Waals surface area contributed by atoms with Crippen molar-refractivity contribution >= 4 is 6.08 Å². The standard InChI is InChI=1S/C11H12N/c1(3-10-6-7-10)4-11-5-2-8-12-9-11/h1-5,8-10H,6-7H2/b4-1+. The lowest BCUT2D eigenvalue weighted by Crippen LogP contribution is -1.74. The maximum absolute atomic E-state index is 4.03. The molecule has 0 saturated heterocycles. The second-order valence-electron chi connectivity index (χ2n) is 3.18. The van der Waals surface area contributed by atoms with E-state index in [-0.39, 0.29) is 0 Å². The molecule has 0 amide bonds. The highest BCUT2D eigenvalue weighted by Gasteiger charge is 2.19. The molecule has 0 unspecified atom stereocenters. The minimum atomic E-state index is 0.859. The molecule has 0 N–H and O–H groups in total. The van der Waals surface area contributed by atoms with E-state index in [4.69, 9.17) is 0 Å². The Morgan fingerprint density at radius 3 is 3.00 bits per heavy atom. The van der Waals surface area contributed by atoms with Crippen molar-refractivity contribution in [2.45, 2.75) is 12.8 Å². The molecule has 0 spiro atoms. The fraction of sp³-hybridized carbons (Fsp3) is 0.273. The van der Waals surface area contributed by atoms with Crippen molar-refractivity contribution in [1.29, 1.82) is 0 Å². The molecule has 1 saturated carbocycles. The Morgan fingerprint density at radius 1 is 1.42 bits per heavy atom. The van der Waals surface area contributed by atoms with Crippen LogP contribution in [-0.4, -0.2) is 4.98 Å². The van der Waals surface area contributed by atoms with E-state index >= 15 is 0 Å². The largest absolute Gasteiger partial charge is 0.264 e. The Kier molecular flexibility index (Phi) is 2.21. The van der Waals surface area contributed by atoms with Crippen LogP contribution in [0.1, 0.15) is 18.4 Å². The van der Waals surface area contributed by atoms with E-state index in [1.54, 1.807) is 6.20 Å². The van der Waals surface area contributed by atoms with Crippen molar-refractivity contribution in [3.05, 3.63) is 42.6 Å². The normalized spacial score (nSPS) is 17.0. The number of nitrogens with zero attached hydrogens (tertiary/aromatic N) is 1. The first-order valence-corrected chi connectivity index (χ1v) is 4.37. The number of pyridine rings is 1. The summed E-state index contributed by atoms with van der Waals surface area (Å²) in [6.07, 6.45) is 12.9. The van der Waals surface area contributed by atoms with Crippen LogP contribution in [0.25, 0.3) is 6.08 Å². The maximum atomic E-state index is 4.03. The van der Waals surface area contributed by atoms with Gasteiger partial charge in [-0.05, 0) is 36.8 Å². The molecule has 1 heteroatoms. The molecule has 1 aliphatic rings. The second-order valence-corrected chi connectivity index (χ2v) is 3.18. The second kappa shape index (κ2) is 3.53. The summed E-state index contributed by atoms with van der Waals surface area (Å²) in [5, 5.41) is 0. The van der Waals surface area contributed by atoms with Gasteiger partial charge in [-0.2, -0.15) is 0 Å². The van der Waals surface area contributed by atoms with Crippen LogP contribution >= 0.6 is 0 Å². The molecule has 0 atom stereocenters. The number of aromatic nitrogens is 1. The molecule has 1 fully saturated rings. The first kappa shape index (κ1) is 7.53. The zero-order valence-corrected chi connectivity index (χ0v) is 6.98. The molecule has 1 aromatic rings. The minimum absolute atomic E-state index is 0.859. The van der Waals surface area contributed by atoms with Gasteiger partial charge >= 0.3 is 0 Å². The van der Waals surface area contributed by atoms with Crippen molar-refractivity contribution in [3.8, 4) is 0 Å². The van der Waals surface area contributed by atoms with Crippen molar-refractivity contribution in [2.75, 3.05) is 0 Å². The van der Waals surface area contributed by atoms with Crippen molar-refractivity contribution in [3.63, 3.8) is 0 Å². The summed E-state index contributed by atoms with van der Waals surface area (Å²) in [6, 6.07) is 4.01. The average Bonchev–Trinajstić information content (AvgIpc) is 2.90. The van der Waals surface area contributed by atoms with Gasteiger partial charge in [0.25, 0.3) is 0 Å². The van der Waals surface area contributed by atoms with Gasteiger partial charge in [0.1, 0.15) is 0 Å². The van der Waals surface area contributed by atoms with E-state index in [2.05, 4.69) is 29.6 Å². The highest BCUT2D eigenvalue weighted by Crippen LogP contribution is 2.31. The summed E-state index contributed by atoms with van der Waals surface area (Å²) >= 11 is 0. The van der Waals surface area contributed by atoms with Crippen LogP contribution in [0.15, 0.2) is 30.6 Å². The quantitative estimate of drug-likeness (QED) is 0.659. The van der Waals surface area contributed by atoms with E-state index in [0.717, 1.165) is 5.92 Å². The fourth-order valence-corrected chi connectivity index (χ4v) is 1.09. The Bertz CT molecular complexity index is 260. The molecule has 12 heavy (non-hydrogen) atoms. The molecule has 0 bridgehead atoms. The smallest absolute Gasteiger partial charge is 0.0340 e. The average molecular weight is 158 g/mol. The zero-order valence-electron chi connectivity index (χ0n) is 6.98. The molecule has 0 aromatic carbocycles. The lowest BCUT2D eigenvalue weighted by Gasteiger charge is -1.89. The topological polar surface area (TPSA) is 12.9 Å². The van der Waals surface area contributed by atoms with Gasteiger partial charge in [-0.25, -0.2) is 0 Å². The molecule has 1 radical (unpaired) electrons. The van der Waals surface area contributed by atoms with Crippen LogP contribution in [0.2, 0.25) is 0 Å². The van der Waals surface area contributed by atoms with Gasteiger partial charge in [0, 0.05) is 12.4 Å². The van der Waals surface area contributed by atoms with Gasteiger partial charge in [-0.15, -0.1) is 0 Å². The molecule has 1 heterocycles. The molecule has 1 aliphatic carbocycles. The highest BCUT2D eigenvalue weighted by molar-refractivity contribution is 5.48. The van der Waals surface area contributed by atoms with Crippen molar-refractivity contribution in [2.24, 2.45) is 5.92 Å². The van der Waals surface area contributed by atoms with Gasteiger partial charge in [0.05, 0.1) is 0 Å². The summed E-state index contributed by atoms with van der Waals surface area (Å²) in [5.41, 5.74) is 1.18. The maximum Gasteiger partial charge on any atom is 0.0340 e. The third-order valence-electron chi connectivity index (χ3n) is 1.98. The predicted octanol–water partition coefficient (Wildman–Crippen LogP) is 2.71. The molecule has 1 nitrogen and oxygen atoms in total. The monoisotopic (exact) mass is 158 g/mol. The summed E-state index contributed by atoms with van der Waals surface area (Å²) in [5.74, 6) is 0.859. The third-order valence-corrected chi connectivity index (χ3v) is 1.98. The number of hydrogen-bond donors (Lipinski definition) is 0. The Hall–Kier alpha value is -1.11. The van der Waals surface area contributed by atoms with Crippen molar-refractivity contribution < 1.29 is 0 Å². The van der Waals surface area contributed by atoms with Gasteiger partial charge in [-0.3, -0.25) is 4.98 Å². The van der Waals surface area contributed by atoms with Crippen LogP contribution < -0.4 is 0 Å². The van der Waals surface area contributed by atoms with Gasteiger partial charge < -0.3 is 0 Å². The third kappa shape index (κ3) is 2.19. The summed E-state index contributed by atoms with van der Waals surface area (Å²) in [6.45, 7) is 0. The Balaban J connectivity index is 1.89. The Morgan fingerprint density at radius 2 is 2.33 bits per heavy atom. The first-order valence-electron chi connectivity index (χ1n) is 4.37. The van der Waals surface area contributed by atoms with Crippen LogP contribution in [0.4, 0.5) is 0 Å². The first-order chi connectivity index (χ1) is 5.95. The van der Waals surface area contributed by atoms with Crippen LogP contribution in [0, 0.1) is 12.3 Å². The van der Waals surface area contributed by atoms with Crippen LogP contribution in [0.3, 0.4) is 0 Å². The molecule has 2 rings (SSSR count). The number of hydrogen-bond acceptors (Lipinski definition) is 1. The minimum Gasteiger partial charge on any atom is -0.264 e. The van der Waals surface area contributed by atoms with Gasteiger partial charge in [0.2, 0.25) is 0 Å². The lowest BCUT2D eigenvalue weighted by molar-refractivity contribution is 1.05. The number of rotatable bonds is 3. The molecule has 0 aliphatic heterocycles. The predicted molar refractivity (Wildman–Crippen MR) is 50.3 cm³/mol. The zero-order chi connectivity index (χ0) is 8.23. The molecular formula is C11H12N. The van der Waals surface area contributed by atoms with Crippen LogP contribution in [-0.2, 0) is 0 Å². The fourth-order valence-electron chi connectivity index (χ4n) is 1.09. The molecular weight excluding hydrogens is 146 g/mol. The number of allylic oxidation sites excluding steroid dienone is 1. The summed E-state index contributed by atoms with van der Waals surface area (Å²) < 4.78 is 0. The molecule has 61 valence electrons.